The summed E-state index contributed by atoms with van der Waals surface area (Å²) in [6.07, 6.45) is 3.86. The predicted octanol–water partition coefficient (Wildman–Crippen LogP) is 4.41. The number of benzene rings is 2. The van der Waals surface area contributed by atoms with Crippen LogP contribution >= 0.6 is 0 Å². The molecule has 0 aliphatic carbocycles. The summed E-state index contributed by atoms with van der Waals surface area (Å²) in [5, 5.41) is 0. The number of quaternary nitrogens is 1. The highest BCUT2D eigenvalue weighted by molar-refractivity contribution is 5.26. The van der Waals surface area contributed by atoms with Crippen LogP contribution in [-0.2, 0) is 6.54 Å². The predicted molar refractivity (Wildman–Crippen MR) is 97.3 cm³/mol. The summed E-state index contributed by atoms with van der Waals surface area (Å²) in [6, 6.07) is 14.7. The molecule has 1 aliphatic rings. The number of likely N-dealkylation sites (tertiary alicyclic amines) is 1. The molecule has 1 saturated heterocycles. The zero-order valence-corrected chi connectivity index (χ0v) is 14.9. The Kier molecular flexibility index (Phi) is 5.92. The summed E-state index contributed by atoms with van der Waals surface area (Å²) in [4.78, 5) is 0. The molecule has 0 aromatic heterocycles. The van der Waals surface area contributed by atoms with Crippen LogP contribution in [0.15, 0.2) is 48.5 Å². The average molecular weight is 344 g/mol. The summed E-state index contributed by atoms with van der Waals surface area (Å²) in [5.41, 5.74) is 1.34. The van der Waals surface area contributed by atoms with Crippen LogP contribution in [0.1, 0.15) is 24.8 Å². The molecule has 3 nitrogen and oxygen atoms in total. The standard InChI is InChI=1S/C21H27FNO2/c1-24-20-9-5-18(6-10-20)17-23(13-3-2-4-14-23)15-16-25-21-11-7-19(22)8-12-21/h5-12H,2-4,13-17H2,1H3/q+1. The van der Waals surface area contributed by atoms with E-state index in [1.807, 2.05) is 12.1 Å². The van der Waals surface area contributed by atoms with Crippen LogP contribution < -0.4 is 9.47 Å². The Hall–Kier alpha value is -2.07. The summed E-state index contributed by atoms with van der Waals surface area (Å²) in [5.74, 6) is 1.40. The zero-order chi connectivity index (χ0) is 17.5. The van der Waals surface area contributed by atoms with Crippen LogP contribution in [0, 0.1) is 5.82 Å². The molecule has 0 saturated carbocycles. The van der Waals surface area contributed by atoms with Gasteiger partial charge in [0, 0.05) is 5.56 Å². The van der Waals surface area contributed by atoms with Crippen LogP contribution in [0.5, 0.6) is 11.5 Å². The normalized spacial score (nSPS) is 16.4. The summed E-state index contributed by atoms with van der Waals surface area (Å²) in [7, 11) is 1.69. The lowest BCUT2D eigenvalue weighted by Gasteiger charge is -2.41. The molecular weight excluding hydrogens is 317 g/mol. The van der Waals surface area contributed by atoms with Gasteiger partial charge in [-0.05, 0) is 67.8 Å². The Morgan fingerprint density at radius 2 is 1.52 bits per heavy atom. The van der Waals surface area contributed by atoms with E-state index >= 15 is 0 Å². The molecule has 25 heavy (non-hydrogen) atoms. The Balaban J connectivity index is 1.62. The maximum Gasteiger partial charge on any atom is 0.137 e. The Morgan fingerprint density at radius 1 is 0.880 bits per heavy atom. The molecule has 0 radical (unpaired) electrons. The van der Waals surface area contributed by atoms with E-state index in [-0.39, 0.29) is 5.82 Å². The van der Waals surface area contributed by atoms with Crippen molar-refractivity contribution in [3.63, 3.8) is 0 Å². The number of nitrogens with zero attached hydrogens (tertiary/aromatic N) is 1. The van der Waals surface area contributed by atoms with Crippen LogP contribution in [0.2, 0.25) is 0 Å². The first-order chi connectivity index (χ1) is 12.2. The van der Waals surface area contributed by atoms with Gasteiger partial charge in [0.15, 0.2) is 0 Å². The lowest BCUT2D eigenvalue weighted by atomic mass is 10.1. The van der Waals surface area contributed by atoms with Gasteiger partial charge in [-0.2, -0.15) is 0 Å². The third-order valence-electron chi connectivity index (χ3n) is 5.09. The minimum absolute atomic E-state index is 0.230. The van der Waals surface area contributed by atoms with E-state index in [1.54, 1.807) is 19.2 Å². The van der Waals surface area contributed by atoms with Gasteiger partial charge >= 0.3 is 0 Å². The van der Waals surface area contributed by atoms with Gasteiger partial charge in [-0.3, -0.25) is 0 Å². The van der Waals surface area contributed by atoms with E-state index in [0.29, 0.717) is 6.61 Å². The van der Waals surface area contributed by atoms with Gasteiger partial charge in [-0.15, -0.1) is 0 Å². The third-order valence-corrected chi connectivity index (χ3v) is 5.09. The molecule has 0 atom stereocenters. The van der Waals surface area contributed by atoms with Gasteiger partial charge in [-0.25, -0.2) is 4.39 Å². The molecule has 0 N–H and O–H groups in total. The fourth-order valence-corrected chi connectivity index (χ4v) is 3.65. The first-order valence-corrected chi connectivity index (χ1v) is 9.06. The van der Waals surface area contributed by atoms with Gasteiger partial charge in [0.05, 0.1) is 20.2 Å². The van der Waals surface area contributed by atoms with Gasteiger partial charge in [-0.1, -0.05) is 0 Å². The molecule has 3 rings (SSSR count). The Morgan fingerprint density at radius 3 is 2.16 bits per heavy atom. The third kappa shape index (κ3) is 4.95. The SMILES string of the molecule is COc1ccc(C[N+]2(CCOc3ccc(F)cc3)CCCCC2)cc1. The second-order valence-electron chi connectivity index (χ2n) is 6.88. The maximum atomic E-state index is 13.0. The van der Waals surface area contributed by atoms with E-state index in [9.17, 15) is 4.39 Å². The number of hydrogen-bond donors (Lipinski definition) is 0. The van der Waals surface area contributed by atoms with Gasteiger partial charge in [0.25, 0.3) is 0 Å². The van der Waals surface area contributed by atoms with Crippen molar-refractivity contribution in [2.24, 2.45) is 0 Å². The molecular formula is C21H27FNO2+. The van der Waals surface area contributed by atoms with E-state index in [1.165, 1.54) is 50.0 Å². The molecule has 2 aromatic rings. The zero-order valence-electron chi connectivity index (χ0n) is 14.9. The number of rotatable bonds is 7. The number of ether oxygens (including phenoxy) is 2. The molecule has 0 unspecified atom stereocenters. The highest BCUT2D eigenvalue weighted by Gasteiger charge is 2.30. The van der Waals surface area contributed by atoms with Crippen molar-refractivity contribution < 1.29 is 18.3 Å². The lowest BCUT2D eigenvalue weighted by molar-refractivity contribution is -0.945. The van der Waals surface area contributed by atoms with E-state index in [0.717, 1.165) is 29.1 Å². The van der Waals surface area contributed by atoms with Crippen molar-refractivity contribution in [1.29, 1.82) is 0 Å². The Bertz CT molecular complexity index is 649. The van der Waals surface area contributed by atoms with Crippen LogP contribution in [-0.4, -0.2) is 37.8 Å². The van der Waals surface area contributed by atoms with Crippen molar-refractivity contribution >= 4 is 0 Å². The minimum Gasteiger partial charge on any atom is -0.497 e. The summed E-state index contributed by atoms with van der Waals surface area (Å²) < 4.78 is 25.2. The van der Waals surface area contributed by atoms with E-state index < -0.39 is 0 Å². The second kappa shape index (κ2) is 8.34. The summed E-state index contributed by atoms with van der Waals surface area (Å²) in [6.45, 7) is 5.04. The molecule has 0 bridgehead atoms. The number of piperidine rings is 1. The van der Waals surface area contributed by atoms with Crippen molar-refractivity contribution in [1.82, 2.24) is 0 Å². The van der Waals surface area contributed by atoms with Gasteiger partial charge in [0.2, 0.25) is 0 Å². The van der Waals surface area contributed by atoms with Crippen molar-refractivity contribution in [2.45, 2.75) is 25.8 Å². The molecule has 1 aliphatic heterocycles. The quantitative estimate of drug-likeness (QED) is 0.693. The van der Waals surface area contributed by atoms with Gasteiger partial charge < -0.3 is 14.0 Å². The molecule has 0 spiro atoms. The van der Waals surface area contributed by atoms with Crippen LogP contribution in [0.4, 0.5) is 4.39 Å². The largest absolute Gasteiger partial charge is 0.497 e. The minimum atomic E-state index is -0.230. The van der Waals surface area contributed by atoms with Crippen molar-refractivity contribution in [3.05, 3.63) is 59.9 Å². The topological polar surface area (TPSA) is 18.5 Å². The number of methoxy groups -OCH3 is 1. The van der Waals surface area contributed by atoms with Gasteiger partial charge in [0.1, 0.15) is 37.0 Å². The number of hydrogen-bond acceptors (Lipinski definition) is 2. The molecule has 2 aromatic carbocycles. The summed E-state index contributed by atoms with van der Waals surface area (Å²) >= 11 is 0. The van der Waals surface area contributed by atoms with Crippen molar-refractivity contribution in [2.75, 3.05) is 33.4 Å². The molecule has 1 fully saturated rings. The van der Waals surface area contributed by atoms with E-state index in [2.05, 4.69) is 12.1 Å². The smallest absolute Gasteiger partial charge is 0.137 e. The van der Waals surface area contributed by atoms with Crippen LogP contribution in [0.25, 0.3) is 0 Å². The Labute approximate surface area is 149 Å². The van der Waals surface area contributed by atoms with Crippen LogP contribution in [0.3, 0.4) is 0 Å². The fourth-order valence-electron chi connectivity index (χ4n) is 3.65. The molecule has 134 valence electrons. The van der Waals surface area contributed by atoms with Crippen molar-refractivity contribution in [3.8, 4) is 11.5 Å². The highest BCUT2D eigenvalue weighted by Crippen LogP contribution is 2.24. The average Bonchev–Trinajstić information content (AvgIpc) is 2.65. The monoisotopic (exact) mass is 344 g/mol. The fraction of sp³-hybridized carbons (Fsp3) is 0.429. The first kappa shape index (κ1) is 17.7. The molecule has 1 heterocycles. The first-order valence-electron chi connectivity index (χ1n) is 9.06. The maximum absolute atomic E-state index is 13.0. The lowest BCUT2D eigenvalue weighted by Crippen LogP contribution is -2.52. The van der Waals surface area contributed by atoms with E-state index in [4.69, 9.17) is 9.47 Å². The molecule has 4 heteroatoms. The second-order valence-corrected chi connectivity index (χ2v) is 6.88. The molecule has 0 amide bonds. The highest BCUT2D eigenvalue weighted by atomic mass is 19.1. The number of halogens is 1.